The zero-order valence-corrected chi connectivity index (χ0v) is 17.1. The summed E-state index contributed by atoms with van der Waals surface area (Å²) in [4.78, 5) is 38.3. The molecule has 2 aliphatic rings. The van der Waals surface area contributed by atoms with Crippen LogP contribution in [0, 0.1) is 13.8 Å². The lowest BCUT2D eigenvalue weighted by Crippen LogP contribution is -2.31. The van der Waals surface area contributed by atoms with Crippen LogP contribution in [0.25, 0.3) is 5.57 Å². The molecule has 8 nitrogen and oxygen atoms in total. The Morgan fingerprint density at radius 3 is 2.79 bits per heavy atom. The second kappa shape index (κ2) is 7.35. The van der Waals surface area contributed by atoms with Crippen LogP contribution < -0.4 is 10.6 Å². The van der Waals surface area contributed by atoms with Crippen molar-refractivity contribution < 1.29 is 9.59 Å². The summed E-state index contributed by atoms with van der Waals surface area (Å²) >= 11 is 0. The Morgan fingerprint density at radius 1 is 1.31 bits per heavy atom. The van der Waals surface area contributed by atoms with Gasteiger partial charge in [0.15, 0.2) is 0 Å². The third-order valence-corrected chi connectivity index (χ3v) is 5.63. The number of rotatable bonds is 4. The molecule has 0 aromatic carbocycles. The molecule has 0 bridgehead atoms. The van der Waals surface area contributed by atoms with Gasteiger partial charge in [-0.05, 0) is 26.3 Å². The van der Waals surface area contributed by atoms with Crippen LogP contribution in [0.2, 0.25) is 0 Å². The molecule has 0 spiro atoms. The number of anilines is 1. The zero-order valence-electron chi connectivity index (χ0n) is 17.1. The molecule has 1 saturated heterocycles. The van der Waals surface area contributed by atoms with E-state index in [4.69, 9.17) is 4.98 Å². The largest absolute Gasteiger partial charge is 0.364 e. The zero-order chi connectivity index (χ0) is 20.7. The van der Waals surface area contributed by atoms with Crippen LogP contribution in [0.5, 0.6) is 0 Å². The molecule has 4 rings (SSSR count). The van der Waals surface area contributed by atoms with Crippen molar-refractivity contribution in [1.82, 2.24) is 25.2 Å². The van der Waals surface area contributed by atoms with Crippen LogP contribution in [0.4, 0.5) is 5.82 Å². The van der Waals surface area contributed by atoms with Crippen LogP contribution in [0.1, 0.15) is 52.2 Å². The standard InChI is InChI=1S/C21H26N6O2/c1-11(18-9-16-17(25-18)5-7-22-21(16)29)19-12(2)23-13(3)20(26-19)24-15-6-8-27(10-15)14(4)28/h9,15,25H,1,5-8,10H2,2-4H3,(H,22,29)(H,24,26). The molecule has 2 aromatic rings. The minimum absolute atomic E-state index is 0.0631. The fourth-order valence-corrected chi connectivity index (χ4v) is 3.99. The molecule has 1 atom stereocenters. The van der Waals surface area contributed by atoms with Crippen LogP contribution in [-0.2, 0) is 11.2 Å². The molecule has 4 heterocycles. The molecule has 152 valence electrons. The Morgan fingerprint density at radius 2 is 2.10 bits per heavy atom. The van der Waals surface area contributed by atoms with Gasteiger partial charge in [0.05, 0.1) is 22.6 Å². The van der Waals surface area contributed by atoms with E-state index in [9.17, 15) is 9.59 Å². The average Bonchev–Trinajstić information content (AvgIpc) is 3.31. The molecule has 2 aliphatic heterocycles. The third kappa shape index (κ3) is 3.62. The van der Waals surface area contributed by atoms with E-state index >= 15 is 0 Å². The monoisotopic (exact) mass is 394 g/mol. The van der Waals surface area contributed by atoms with E-state index in [-0.39, 0.29) is 17.9 Å². The Hall–Kier alpha value is -3.16. The van der Waals surface area contributed by atoms with Gasteiger partial charge in [-0.2, -0.15) is 0 Å². The second-order valence-electron chi connectivity index (χ2n) is 7.75. The second-order valence-corrected chi connectivity index (χ2v) is 7.75. The number of nitrogens with zero attached hydrogens (tertiary/aromatic N) is 3. The fraction of sp³-hybridized carbons (Fsp3) is 0.429. The number of aromatic nitrogens is 3. The molecule has 8 heteroatoms. The highest BCUT2D eigenvalue weighted by Crippen LogP contribution is 2.27. The first-order valence-corrected chi connectivity index (χ1v) is 9.90. The summed E-state index contributed by atoms with van der Waals surface area (Å²) in [6.07, 6.45) is 1.65. The smallest absolute Gasteiger partial charge is 0.253 e. The summed E-state index contributed by atoms with van der Waals surface area (Å²) in [5, 5.41) is 6.30. The van der Waals surface area contributed by atoms with Crippen molar-refractivity contribution in [3.63, 3.8) is 0 Å². The van der Waals surface area contributed by atoms with Crippen molar-refractivity contribution >= 4 is 23.2 Å². The van der Waals surface area contributed by atoms with Gasteiger partial charge in [0.2, 0.25) is 5.91 Å². The lowest BCUT2D eigenvalue weighted by molar-refractivity contribution is -0.127. The average molecular weight is 394 g/mol. The van der Waals surface area contributed by atoms with E-state index in [1.54, 1.807) is 6.92 Å². The summed E-state index contributed by atoms with van der Waals surface area (Å²) in [5.74, 6) is 0.734. The highest BCUT2D eigenvalue weighted by atomic mass is 16.2. The van der Waals surface area contributed by atoms with Crippen LogP contribution in [0.15, 0.2) is 12.6 Å². The normalized spacial score (nSPS) is 18.4. The summed E-state index contributed by atoms with van der Waals surface area (Å²) in [5.41, 5.74) is 5.37. The van der Waals surface area contributed by atoms with Gasteiger partial charge >= 0.3 is 0 Å². The lowest BCUT2D eigenvalue weighted by Gasteiger charge is -2.18. The van der Waals surface area contributed by atoms with Crippen LogP contribution >= 0.6 is 0 Å². The van der Waals surface area contributed by atoms with E-state index in [0.29, 0.717) is 35.7 Å². The molecule has 2 amide bonds. The Kier molecular flexibility index (Phi) is 4.86. The molecule has 0 radical (unpaired) electrons. The van der Waals surface area contributed by atoms with Gasteiger partial charge in [0.1, 0.15) is 5.82 Å². The number of aromatic amines is 1. The van der Waals surface area contributed by atoms with E-state index in [1.807, 2.05) is 24.8 Å². The van der Waals surface area contributed by atoms with Gasteiger partial charge < -0.3 is 20.5 Å². The van der Waals surface area contributed by atoms with Crippen molar-refractivity contribution in [2.75, 3.05) is 25.0 Å². The maximum absolute atomic E-state index is 12.1. The number of amides is 2. The first kappa shape index (κ1) is 19.2. The molecule has 1 unspecified atom stereocenters. The van der Waals surface area contributed by atoms with Crippen molar-refractivity contribution in [2.24, 2.45) is 0 Å². The minimum Gasteiger partial charge on any atom is -0.364 e. The highest BCUT2D eigenvalue weighted by Gasteiger charge is 2.26. The Bertz CT molecular complexity index is 1010. The summed E-state index contributed by atoms with van der Waals surface area (Å²) < 4.78 is 0. The van der Waals surface area contributed by atoms with Crippen LogP contribution in [-0.4, -0.2) is 57.3 Å². The van der Waals surface area contributed by atoms with Gasteiger partial charge in [0.25, 0.3) is 5.91 Å². The predicted octanol–water partition coefficient (Wildman–Crippen LogP) is 1.80. The Labute approximate surface area is 169 Å². The quantitative estimate of drug-likeness (QED) is 0.734. The molecule has 0 aliphatic carbocycles. The van der Waals surface area contributed by atoms with Crippen molar-refractivity contribution in [3.05, 3.63) is 46.7 Å². The van der Waals surface area contributed by atoms with Gasteiger partial charge in [-0.3, -0.25) is 14.6 Å². The van der Waals surface area contributed by atoms with E-state index in [2.05, 4.69) is 27.2 Å². The number of aryl methyl sites for hydroxylation is 2. The highest BCUT2D eigenvalue weighted by molar-refractivity contribution is 5.97. The number of hydrogen-bond acceptors (Lipinski definition) is 5. The molecular weight excluding hydrogens is 368 g/mol. The molecule has 2 aromatic heterocycles. The fourth-order valence-electron chi connectivity index (χ4n) is 3.99. The van der Waals surface area contributed by atoms with E-state index in [1.165, 1.54) is 0 Å². The van der Waals surface area contributed by atoms with Crippen LogP contribution in [0.3, 0.4) is 0 Å². The summed E-state index contributed by atoms with van der Waals surface area (Å²) in [6.45, 7) is 11.7. The summed E-state index contributed by atoms with van der Waals surface area (Å²) in [7, 11) is 0. The summed E-state index contributed by atoms with van der Waals surface area (Å²) in [6, 6.07) is 1.99. The lowest BCUT2D eigenvalue weighted by atomic mass is 10.1. The molecule has 29 heavy (non-hydrogen) atoms. The number of carbonyl (C=O) groups excluding carboxylic acids is 2. The molecule has 0 saturated carbocycles. The van der Waals surface area contributed by atoms with Gasteiger partial charge in [-0.1, -0.05) is 6.58 Å². The number of fused-ring (bicyclic) bond motifs is 1. The molecular formula is C21H26N6O2. The first-order valence-electron chi connectivity index (χ1n) is 9.90. The van der Waals surface area contributed by atoms with Gasteiger partial charge in [-0.25, -0.2) is 4.98 Å². The van der Waals surface area contributed by atoms with E-state index < -0.39 is 0 Å². The first-order chi connectivity index (χ1) is 13.8. The van der Waals surface area contributed by atoms with Gasteiger partial charge in [-0.15, -0.1) is 0 Å². The SMILES string of the molecule is C=C(c1cc2c([nH]1)CCNC2=O)c1nc(NC2CCN(C(C)=O)C2)c(C)nc1C. The van der Waals surface area contributed by atoms with Crippen molar-refractivity contribution in [1.29, 1.82) is 0 Å². The maximum Gasteiger partial charge on any atom is 0.253 e. The molecule has 3 N–H and O–H groups in total. The topological polar surface area (TPSA) is 103 Å². The Balaban J connectivity index is 1.59. The third-order valence-electron chi connectivity index (χ3n) is 5.63. The number of hydrogen-bond donors (Lipinski definition) is 3. The predicted molar refractivity (Wildman–Crippen MR) is 111 cm³/mol. The van der Waals surface area contributed by atoms with Crippen molar-refractivity contribution in [3.8, 4) is 0 Å². The minimum atomic E-state index is -0.0631. The number of carbonyl (C=O) groups is 2. The molecule has 1 fully saturated rings. The number of nitrogens with one attached hydrogen (secondary N) is 3. The van der Waals surface area contributed by atoms with Gasteiger partial charge in [0, 0.05) is 56.0 Å². The number of likely N-dealkylation sites (tertiary alicyclic amines) is 1. The number of H-pyrrole nitrogens is 1. The van der Waals surface area contributed by atoms with E-state index in [0.717, 1.165) is 42.2 Å². The van der Waals surface area contributed by atoms with Crippen molar-refractivity contribution in [2.45, 2.75) is 39.7 Å². The maximum atomic E-state index is 12.1.